The molecule has 1 rings (SSSR count). The summed E-state index contributed by atoms with van der Waals surface area (Å²) in [6.07, 6.45) is 0. The van der Waals surface area contributed by atoms with Crippen molar-refractivity contribution in [3.63, 3.8) is 0 Å². The van der Waals surface area contributed by atoms with Gasteiger partial charge in [-0.1, -0.05) is 0 Å². The Labute approximate surface area is 64.1 Å². The molecule has 1 aromatic rings. The van der Waals surface area contributed by atoms with Gasteiger partial charge in [-0.3, -0.25) is 4.79 Å². The van der Waals surface area contributed by atoms with Crippen LogP contribution < -0.4 is 10.5 Å². The second-order valence-electron chi connectivity index (χ2n) is 2.58. The van der Waals surface area contributed by atoms with Crippen LogP contribution in [-0.4, -0.2) is 9.94 Å². The lowest BCUT2D eigenvalue weighted by molar-refractivity contribution is -0.401. The molecule has 0 aromatic carbocycles. The van der Waals surface area contributed by atoms with E-state index in [9.17, 15) is 4.79 Å². The predicted molar refractivity (Wildman–Crippen MR) is 38.7 cm³/mol. The van der Waals surface area contributed by atoms with Crippen LogP contribution in [-0.2, 0) is 0 Å². The molecule has 0 spiro atoms. The standard InChI is InChI=1S/C7H10N2O2/c1-4-6(3)9(11)7(10)5(2)8-4/h11H,1-3H3/p+1. The highest BCUT2D eigenvalue weighted by molar-refractivity contribution is 5.03. The molecular weight excluding hydrogens is 144 g/mol. The van der Waals surface area contributed by atoms with Gasteiger partial charge in [-0.15, -0.1) is 4.73 Å². The molecule has 0 bridgehead atoms. The summed E-state index contributed by atoms with van der Waals surface area (Å²) in [4.78, 5) is 13.9. The van der Waals surface area contributed by atoms with Crippen molar-refractivity contribution in [2.75, 3.05) is 0 Å². The molecule has 4 heteroatoms. The molecule has 0 unspecified atom stereocenters. The summed E-state index contributed by atoms with van der Waals surface area (Å²) in [7, 11) is 0. The molecule has 0 aliphatic rings. The number of aromatic nitrogens is 2. The van der Waals surface area contributed by atoms with Crippen molar-refractivity contribution in [3.8, 4) is 0 Å². The van der Waals surface area contributed by atoms with Gasteiger partial charge in [0.05, 0.1) is 0 Å². The molecule has 0 aliphatic carbocycles. The minimum Gasteiger partial charge on any atom is -0.425 e. The fourth-order valence-corrected chi connectivity index (χ4v) is 0.895. The second kappa shape index (κ2) is 2.38. The molecule has 11 heavy (non-hydrogen) atoms. The van der Waals surface area contributed by atoms with Gasteiger partial charge in [-0.25, -0.2) is 4.98 Å². The van der Waals surface area contributed by atoms with Crippen LogP contribution in [0.15, 0.2) is 4.79 Å². The van der Waals surface area contributed by atoms with E-state index in [0.717, 1.165) is 5.69 Å². The summed E-state index contributed by atoms with van der Waals surface area (Å²) in [5.74, 6) is 0. The van der Waals surface area contributed by atoms with Crippen molar-refractivity contribution in [1.29, 1.82) is 0 Å². The minimum atomic E-state index is -0.395. The molecule has 0 saturated heterocycles. The third-order valence-electron chi connectivity index (χ3n) is 1.75. The van der Waals surface area contributed by atoms with Gasteiger partial charge in [-0.05, 0) is 6.92 Å². The fraction of sp³-hybridized carbons (Fsp3) is 0.429. The van der Waals surface area contributed by atoms with E-state index in [1.807, 2.05) is 0 Å². The number of hydrogen-bond acceptors (Lipinski definition) is 2. The lowest BCUT2D eigenvalue weighted by Crippen LogP contribution is -2.33. The minimum absolute atomic E-state index is 0.395. The average molecular weight is 155 g/mol. The number of H-pyrrole nitrogens is 1. The first-order valence-electron chi connectivity index (χ1n) is 3.35. The van der Waals surface area contributed by atoms with Crippen LogP contribution >= 0.6 is 0 Å². The smallest absolute Gasteiger partial charge is 0.350 e. The fourth-order valence-electron chi connectivity index (χ4n) is 0.895. The third-order valence-corrected chi connectivity index (χ3v) is 1.75. The summed E-state index contributed by atoms with van der Waals surface area (Å²) >= 11 is 0. The SMILES string of the molecule is Cc1[nH+]c(C)c(=O)n(O)c1C. The van der Waals surface area contributed by atoms with E-state index in [4.69, 9.17) is 5.21 Å². The third kappa shape index (κ3) is 1.11. The molecule has 0 saturated carbocycles. The molecule has 2 N–H and O–H groups in total. The number of hydrogen-bond donors (Lipinski definition) is 1. The number of aromatic amines is 1. The van der Waals surface area contributed by atoms with Crippen LogP contribution in [0, 0.1) is 20.8 Å². The van der Waals surface area contributed by atoms with Gasteiger partial charge >= 0.3 is 5.56 Å². The van der Waals surface area contributed by atoms with Crippen LogP contribution in [0.5, 0.6) is 0 Å². The lowest BCUT2D eigenvalue weighted by atomic mass is 10.3. The van der Waals surface area contributed by atoms with Crippen LogP contribution in [0.4, 0.5) is 0 Å². The highest BCUT2D eigenvalue weighted by Gasteiger charge is 2.11. The van der Waals surface area contributed by atoms with Gasteiger partial charge in [0.1, 0.15) is 5.69 Å². The Morgan fingerprint density at radius 3 is 2.36 bits per heavy atom. The summed E-state index contributed by atoms with van der Waals surface area (Å²) in [6, 6.07) is 0. The highest BCUT2D eigenvalue weighted by Crippen LogP contribution is 1.93. The van der Waals surface area contributed by atoms with Gasteiger partial charge in [0.25, 0.3) is 0 Å². The summed E-state index contributed by atoms with van der Waals surface area (Å²) in [6.45, 7) is 5.10. The molecular formula is C7H11N2O2+. The molecule has 1 aromatic heterocycles. The van der Waals surface area contributed by atoms with E-state index < -0.39 is 5.56 Å². The van der Waals surface area contributed by atoms with Gasteiger partial charge in [-0.2, -0.15) is 0 Å². The van der Waals surface area contributed by atoms with Gasteiger partial charge < -0.3 is 5.21 Å². The number of nitrogens with one attached hydrogen (secondary N) is 1. The van der Waals surface area contributed by atoms with Gasteiger partial charge in [0.2, 0.25) is 5.69 Å². The first-order valence-corrected chi connectivity index (χ1v) is 3.35. The van der Waals surface area contributed by atoms with Crippen molar-refractivity contribution >= 4 is 0 Å². The zero-order valence-corrected chi connectivity index (χ0v) is 6.80. The summed E-state index contributed by atoms with van der Waals surface area (Å²) in [5, 5.41) is 9.15. The number of aryl methyl sites for hydroxylation is 2. The second-order valence-corrected chi connectivity index (χ2v) is 2.58. The monoisotopic (exact) mass is 155 g/mol. The van der Waals surface area contributed by atoms with Gasteiger partial charge in [0, 0.05) is 13.8 Å². The van der Waals surface area contributed by atoms with E-state index in [-0.39, 0.29) is 0 Å². The Balaban J connectivity index is 3.59. The Bertz CT molecular complexity index is 341. The van der Waals surface area contributed by atoms with Crippen LogP contribution in [0.1, 0.15) is 17.1 Å². The van der Waals surface area contributed by atoms with Crippen molar-refractivity contribution < 1.29 is 10.2 Å². The van der Waals surface area contributed by atoms with Crippen LogP contribution in [0.2, 0.25) is 0 Å². The quantitative estimate of drug-likeness (QED) is 0.528. The first-order chi connectivity index (χ1) is 5.04. The number of rotatable bonds is 0. The molecule has 60 valence electrons. The van der Waals surface area contributed by atoms with E-state index in [0.29, 0.717) is 16.1 Å². The molecule has 4 nitrogen and oxygen atoms in total. The van der Waals surface area contributed by atoms with E-state index in [1.54, 1.807) is 20.8 Å². The normalized spacial score (nSPS) is 10.1. The van der Waals surface area contributed by atoms with Crippen molar-refractivity contribution in [2.24, 2.45) is 0 Å². The predicted octanol–water partition coefficient (Wildman–Crippen LogP) is -0.175. The number of nitrogens with zero attached hydrogens (tertiary/aromatic N) is 1. The molecule has 0 radical (unpaired) electrons. The van der Waals surface area contributed by atoms with E-state index in [2.05, 4.69) is 4.98 Å². The van der Waals surface area contributed by atoms with Gasteiger partial charge in [0.15, 0.2) is 5.69 Å². The van der Waals surface area contributed by atoms with Crippen LogP contribution in [0.3, 0.4) is 0 Å². The maximum atomic E-state index is 11.0. The van der Waals surface area contributed by atoms with Crippen LogP contribution in [0.25, 0.3) is 0 Å². The Morgan fingerprint density at radius 2 is 1.82 bits per heavy atom. The Kier molecular flexibility index (Phi) is 1.68. The highest BCUT2D eigenvalue weighted by atomic mass is 16.5. The van der Waals surface area contributed by atoms with E-state index in [1.165, 1.54) is 0 Å². The maximum absolute atomic E-state index is 11.0. The Hall–Kier alpha value is -1.32. The average Bonchev–Trinajstić information content (AvgIpc) is 1.97. The maximum Gasteiger partial charge on any atom is 0.350 e. The Morgan fingerprint density at radius 1 is 1.27 bits per heavy atom. The van der Waals surface area contributed by atoms with Crippen molar-refractivity contribution in [1.82, 2.24) is 4.73 Å². The molecule has 1 heterocycles. The van der Waals surface area contributed by atoms with E-state index >= 15 is 0 Å². The topological polar surface area (TPSA) is 56.4 Å². The molecule has 0 atom stereocenters. The van der Waals surface area contributed by atoms with Crippen molar-refractivity contribution in [2.45, 2.75) is 20.8 Å². The largest absolute Gasteiger partial charge is 0.425 e. The van der Waals surface area contributed by atoms with Crippen molar-refractivity contribution in [3.05, 3.63) is 27.4 Å². The first kappa shape index (κ1) is 7.78. The summed E-state index contributed by atoms with van der Waals surface area (Å²) < 4.78 is 0.654. The molecule has 0 amide bonds. The summed E-state index contributed by atoms with van der Waals surface area (Å²) in [5.41, 5.74) is 1.38. The zero-order valence-electron chi connectivity index (χ0n) is 6.80. The lowest BCUT2D eigenvalue weighted by Gasteiger charge is -1.99. The zero-order chi connectivity index (χ0) is 8.59. The molecule has 0 aliphatic heterocycles. The molecule has 0 fully saturated rings.